The molecule has 0 amide bonds. The fourth-order valence-corrected chi connectivity index (χ4v) is 1.40. The van der Waals surface area contributed by atoms with Gasteiger partial charge in [-0.15, -0.1) is 0 Å². The molecule has 88 valence electrons. The van der Waals surface area contributed by atoms with Crippen molar-refractivity contribution >= 4 is 5.82 Å². The van der Waals surface area contributed by atoms with Gasteiger partial charge >= 0.3 is 0 Å². The molecule has 0 saturated heterocycles. The number of rotatable bonds is 4. The van der Waals surface area contributed by atoms with Gasteiger partial charge in [-0.05, 0) is 12.5 Å². The van der Waals surface area contributed by atoms with Crippen LogP contribution in [0.4, 0.5) is 5.82 Å². The lowest BCUT2D eigenvalue weighted by molar-refractivity contribution is 0.397. The molecule has 17 heavy (non-hydrogen) atoms. The molecule has 0 unspecified atom stereocenters. The lowest BCUT2D eigenvalue weighted by atomic mass is 10.3. The average molecular weight is 230 g/mol. The van der Waals surface area contributed by atoms with Crippen molar-refractivity contribution < 1.29 is 4.74 Å². The Kier molecular flexibility index (Phi) is 3.49. The Balaban J connectivity index is 2.00. The Hall–Kier alpha value is -2.17. The van der Waals surface area contributed by atoms with Crippen LogP contribution in [0.5, 0.6) is 5.88 Å². The number of aryl methyl sites for hydroxylation is 1. The summed E-state index contributed by atoms with van der Waals surface area (Å²) in [7, 11) is 1.60. The van der Waals surface area contributed by atoms with Crippen molar-refractivity contribution in [3.63, 3.8) is 0 Å². The van der Waals surface area contributed by atoms with Crippen LogP contribution in [0, 0.1) is 6.92 Å². The van der Waals surface area contributed by atoms with Gasteiger partial charge in [0.15, 0.2) is 0 Å². The van der Waals surface area contributed by atoms with Crippen LogP contribution in [0.3, 0.4) is 0 Å². The van der Waals surface area contributed by atoms with Gasteiger partial charge in [0.25, 0.3) is 0 Å². The van der Waals surface area contributed by atoms with Crippen molar-refractivity contribution in [3.05, 3.63) is 42.0 Å². The Bertz CT molecular complexity index is 484. The van der Waals surface area contributed by atoms with E-state index in [1.165, 1.54) is 0 Å². The summed E-state index contributed by atoms with van der Waals surface area (Å²) in [6, 6.07) is 3.80. The van der Waals surface area contributed by atoms with E-state index in [4.69, 9.17) is 4.74 Å². The molecular formula is C12H14N4O. The first-order valence-corrected chi connectivity index (χ1v) is 5.30. The Morgan fingerprint density at radius 1 is 1.18 bits per heavy atom. The maximum Gasteiger partial charge on any atom is 0.212 e. The minimum atomic E-state index is 0.615. The van der Waals surface area contributed by atoms with E-state index >= 15 is 0 Å². The van der Waals surface area contributed by atoms with Crippen molar-refractivity contribution in [2.24, 2.45) is 0 Å². The molecule has 0 saturated carbocycles. The number of hydrogen-bond acceptors (Lipinski definition) is 5. The highest BCUT2D eigenvalue weighted by Gasteiger charge is 2.00. The predicted octanol–water partition coefficient (Wildman–Crippen LogP) is 1.80. The molecule has 0 aliphatic heterocycles. The monoisotopic (exact) mass is 230 g/mol. The number of hydrogen-bond donors (Lipinski definition) is 1. The van der Waals surface area contributed by atoms with Crippen LogP contribution in [0.2, 0.25) is 0 Å². The zero-order chi connectivity index (χ0) is 12.1. The standard InChI is InChI=1S/C12H14N4O/c1-9-12(14-6-5-13-9)16-8-10-3-4-11(17-2)15-7-10/h3-7H,8H2,1-2H3,(H,14,16). The van der Waals surface area contributed by atoms with Crippen molar-refractivity contribution in [1.29, 1.82) is 0 Å². The third kappa shape index (κ3) is 2.90. The third-order valence-electron chi connectivity index (χ3n) is 2.35. The summed E-state index contributed by atoms with van der Waals surface area (Å²) in [5, 5.41) is 3.21. The lowest BCUT2D eigenvalue weighted by Gasteiger charge is -2.07. The smallest absolute Gasteiger partial charge is 0.212 e. The quantitative estimate of drug-likeness (QED) is 0.867. The van der Waals surface area contributed by atoms with Gasteiger partial charge in [-0.2, -0.15) is 0 Å². The van der Waals surface area contributed by atoms with E-state index in [9.17, 15) is 0 Å². The Morgan fingerprint density at radius 2 is 2.00 bits per heavy atom. The third-order valence-corrected chi connectivity index (χ3v) is 2.35. The first-order chi connectivity index (χ1) is 8.29. The highest BCUT2D eigenvalue weighted by Crippen LogP contribution is 2.10. The maximum absolute atomic E-state index is 5.00. The Morgan fingerprint density at radius 3 is 2.65 bits per heavy atom. The molecule has 2 aromatic heterocycles. The van der Waals surface area contributed by atoms with Gasteiger partial charge in [0.1, 0.15) is 5.82 Å². The largest absolute Gasteiger partial charge is 0.481 e. The second-order valence-electron chi connectivity index (χ2n) is 3.55. The van der Waals surface area contributed by atoms with E-state index in [0.717, 1.165) is 17.1 Å². The summed E-state index contributed by atoms with van der Waals surface area (Å²) in [4.78, 5) is 12.5. The summed E-state index contributed by atoms with van der Waals surface area (Å²) in [5.74, 6) is 1.41. The zero-order valence-corrected chi connectivity index (χ0v) is 9.84. The fourth-order valence-electron chi connectivity index (χ4n) is 1.40. The summed E-state index contributed by atoms with van der Waals surface area (Å²) in [6.45, 7) is 2.58. The number of nitrogens with zero attached hydrogens (tertiary/aromatic N) is 3. The van der Waals surface area contributed by atoms with Crippen LogP contribution in [-0.4, -0.2) is 22.1 Å². The number of methoxy groups -OCH3 is 1. The second-order valence-corrected chi connectivity index (χ2v) is 3.55. The number of pyridine rings is 1. The van der Waals surface area contributed by atoms with Gasteiger partial charge in [0.2, 0.25) is 5.88 Å². The SMILES string of the molecule is COc1ccc(CNc2nccnc2C)cn1. The van der Waals surface area contributed by atoms with Gasteiger partial charge < -0.3 is 10.1 Å². The average Bonchev–Trinajstić information content (AvgIpc) is 2.38. The van der Waals surface area contributed by atoms with Crippen molar-refractivity contribution in [3.8, 4) is 5.88 Å². The van der Waals surface area contributed by atoms with Crippen LogP contribution in [0.25, 0.3) is 0 Å². The minimum absolute atomic E-state index is 0.615. The zero-order valence-electron chi connectivity index (χ0n) is 9.84. The van der Waals surface area contributed by atoms with E-state index in [2.05, 4.69) is 20.3 Å². The molecule has 5 nitrogen and oxygen atoms in total. The minimum Gasteiger partial charge on any atom is -0.481 e. The maximum atomic E-state index is 5.00. The highest BCUT2D eigenvalue weighted by atomic mass is 16.5. The molecule has 0 aliphatic rings. The molecule has 0 atom stereocenters. The van der Waals surface area contributed by atoms with Crippen LogP contribution in [0.1, 0.15) is 11.3 Å². The van der Waals surface area contributed by atoms with Gasteiger partial charge in [-0.3, -0.25) is 4.98 Å². The predicted molar refractivity (Wildman–Crippen MR) is 64.9 cm³/mol. The molecule has 0 spiro atoms. The van der Waals surface area contributed by atoms with Crippen LogP contribution in [0.15, 0.2) is 30.7 Å². The molecule has 2 aromatic rings. The number of nitrogens with one attached hydrogen (secondary N) is 1. The summed E-state index contributed by atoms with van der Waals surface area (Å²) in [6.07, 6.45) is 5.12. The van der Waals surface area contributed by atoms with Gasteiger partial charge in [0, 0.05) is 31.2 Å². The molecule has 1 N–H and O–H groups in total. The van der Waals surface area contributed by atoms with E-state index in [0.29, 0.717) is 12.4 Å². The summed E-state index contributed by atoms with van der Waals surface area (Å²) in [5.41, 5.74) is 1.95. The fraction of sp³-hybridized carbons (Fsp3) is 0.250. The van der Waals surface area contributed by atoms with Crippen molar-refractivity contribution in [2.45, 2.75) is 13.5 Å². The topological polar surface area (TPSA) is 59.9 Å². The molecule has 2 rings (SSSR count). The van der Waals surface area contributed by atoms with Crippen molar-refractivity contribution in [1.82, 2.24) is 15.0 Å². The number of anilines is 1. The van der Waals surface area contributed by atoms with Crippen LogP contribution < -0.4 is 10.1 Å². The van der Waals surface area contributed by atoms with Crippen LogP contribution >= 0.6 is 0 Å². The Labute approximate surface area is 99.9 Å². The highest BCUT2D eigenvalue weighted by molar-refractivity contribution is 5.39. The van der Waals surface area contributed by atoms with E-state index in [1.54, 1.807) is 25.7 Å². The normalized spacial score (nSPS) is 10.0. The number of ether oxygens (including phenoxy) is 1. The molecule has 0 aromatic carbocycles. The van der Waals surface area contributed by atoms with Crippen molar-refractivity contribution in [2.75, 3.05) is 12.4 Å². The molecule has 0 aliphatic carbocycles. The number of aromatic nitrogens is 3. The van der Waals surface area contributed by atoms with Crippen LogP contribution in [-0.2, 0) is 6.54 Å². The molecule has 0 fully saturated rings. The second kappa shape index (κ2) is 5.25. The van der Waals surface area contributed by atoms with E-state index in [1.807, 2.05) is 19.1 Å². The molecule has 0 bridgehead atoms. The summed E-state index contributed by atoms with van der Waals surface area (Å²) >= 11 is 0. The summed E-state index contributed by atoms with van der Waals surface area (Å²) < 4.78 is 5.00. The van der Waals surface area contributed by atoms with Gasteiger partial charge in [-0.1, -0.05) is 6.07 Å². The molecule has 0 radical (unpaired) electrons. The van der Waals surface area contributed by atoms with E-state index in [-0.39, 0.29) is 0 Å². The molecule has 5 heteroatoms. The van der Waals surface area contributed by atoms with Gasteiger partial charge in [0.05, 0.1) is 12.8 Å². The van der Waals surface area contributed by atoms with E-state index < -0.39 is 0 Å². The molecule has 2 heterocycles. The first kappa shape index (κ1) is 11.3. The van der Waals surface area contributed by atoms with Gasteiger partial charge in [-0.25, -0.2) is 9.97 Å². The lowest BCUT2D eigenvalue weighted by Crippen LogP contribution is -2.04. The molecular weight excluding hydrogens is 216 g/mol. The first-order valence-electron chi connectivity index (χ1n) is 5.30.